The summed E-state index contributed by atoms with van der Waals surface area (Å²) in [6.07, 6.45) is 0. The van der Waals surface area contributed by atoms with E-state index >= 15 is 0 Å². The highest BCUT2D eigenvalue weighted by Gasteiger charge is 2.17. The molecule has 20 heavy (non-hydrogen) atoms. The van der Waals surface area contributed by atoms with Crippen molar-refractivity contribution in [2.24, 2.45) is 0 Å². The maximum absolute atomic E-state index is 6.25. The molecule has 3 rings (SSSR count). The number of halogens is 1. The fourth-order valence-electron chi connectivity index (χ4n) is 2.48. The van der Waals surface area contributed by atoms with Crippen LogP contribution < -0.4 is 10.5 Å². The van der Waals surface area contributed by atoms with Crippen molar-refractivity contribution in [2.45, 2.75) is 13.1 Å². The lowest BCUT2D eigenvalue weighted by molar-refractivity contribution is 0.220. The van der Waals surface area contributed by atoms with Crippen molar-refractivity contribution in [3.05, 3.63) is 58.6 Å². The highest BCUT2D eigenvalue weighted by Crippen LogP contribution is 2.27. The van der Waals surface area contributed by atoms with E-state index in [2.05, 4.69) is 11.0 Å². The quantitative estimate of drug-likeness (QED) is 0.862. The molecule has 4 heteroatoms. The minimum Gasteiger partial charge on any atom is -0.492 e. The number of anilines is 1. The first-order valence-corrected chi connectivity index (χ1v) is 7.08. The van der Waals surface area contributed by atoms with Gasteiger partial charge in [-0.05, 0) is 18.2 Å². The van der Waals surface area contributed by atoms with Crippen LogP contribution in [-0.4, -0.2) is 18.1 Å². The van der Waals surface area contributed by atoms with Crippen molar-refractivity contribution in [1.82, 2.24) is 4.90 Å². The predicted molar refractivity (Wildman–Crippen MR) is 81.9 cm³/mol. The van der Waals surface area contributed by atoms with Gasteiger partial charge in [-0.2, -0.15) is 0 Å². The third-order valence-corrected chi connectivity index (χ3v) is 3.92. The van der Waals surface area contributed by atoms with Gasteiger partial charge in [-0.1, -0.05) is 35.9 Å². The van der Waals surface area contributed by atoms with E-state index in [1.54, 1.807) is 0 Å². The fourth-order valence-corrected chi connectivity index (χ4v) is 2.72. The van der Waals surface area contributed by atoms with Gasteiger partial charge in [0.15, 0.2) is 0 Å². The molecule has 0 aliphatic carbocycles. The Morgan fingerprint density at radius 3 is 2.85 bits per heavy atom. The van der Waals surface area contributed by atoms with Gasteiger partial charge < -0.3 is 10.5 Å². The molecule has 1 heterocycles. The Morgan fingerprint density at radius 2 is 2.00 bits per heavy atom. The molecule has 0 saturated heterocycles. The summed E-state index contributed by atoms with van der Waals surface area (Å²) >= 11 is 6.25. The first-order chi connectivity index (χ1) is 9.74. The molecule has 2 aromatic rings. The molecule has 0 radical (unpaired) electrons. The van der Waals surface area contributed by atoms with Crippen LogP contribution in [0.1, 0.15) is 11.1 Å². The molecular formula is C16H17ClN2O. The molecule has 0 aromatic heterocycles. The Bertz CT molecular complexity index is 595. The van der Waals surface area contributed by atoms with Crippen LogP contribution in [0.15, 0.2) is 42.5 Å². The number of rotatable bonds is 2. The Morgan fingerprint density at radius 1 is 1.15 bits per heavy atom. The second-order valence-corrected chi connectivity index (χ2v) is 5.38. The highest BCUT2D eigenvalue weighted by atomic mass is 35.5. The number of fused-ring (bicyclic) bond motifs is 1. The molecule has 0 unspecified atom stereocenters. The molecule has 0 spiro atoms. The van der Waals surface area contributed by atoms with Gasteiger partial charge in [0.2, 0.25) is 0 Å². The zero-order valence-electron chi connectivity index (χ0n) is 11.2. The van der Waals surface area contributed by atoms with E-state index in [4.69, 9.17) is 22.1 Å². The van der Waals surface area contributed by atoms with Crippen LogP contribution in [0.5, 0.6) is 5.75 Å². The van der Waals surface area contributed by atoms with Gasteiger partial charge in [0.1, 0.15) is 12.4 Å². The number of hydrogen-bond acceptors (Lipinski definition) is 3. The van der Waals surface area contributed by atoms with Crippen LogP contribution in [0, 0.1) is 0 Å². The second kappa shape index (κ2) is 5.73. The van der Waals surface area contributed by atoms with E-state index in [-0.39, 0.29) is 0 Å². The van der Waals surface area contributed by atoms with E-state index in [1.807, 2.05) is 36.4 Å². The predicted octanol–water partition coefficient (Wildman–Crippen LogP) is 3.32. The molecule has 0 fully saturated rings. The fraction of sp³-hybridized carbons (Fsp3) is 0.250. The number of nitrogen functional groups attached to an aromatic ring is 1. The lowest BCUT2D eigenvalue weighted by Crippen LogP contribution is -2.25. The van der Waals surface area contributed by atoms with Crippen molar-refractivity contribution in [3.63, 3.8) is 0 Å². The summed E-state index contributed by atoms with van der Waals surface area (Å²) in [7, 11) is 0. The second-order valence-electron chi connectivity index (χ2n) is 4.97. The van der Waals surface area contributed by atoms with Crippen molar-refractivity contribution in [3.8, 4) is 5.75 Å². The Labute approximate surface area is 123 Å². The van der Waals surface area contributed by atoms with E-state index in [0.29, 0.717) is 6.61 Å². The van der Waals surface area contributed by atoms with Crippen LogP contribution in [0.2, 0.25) is 5.02 Å². The van der Waals surface area contributed by atoms with Gasteiger partial charge in [-0.25, -0.2) is 0 Å². The maximum atomic E-state index is 6.25. The van der Waals surface area contributed by atoms with Gasteiger partial charge >= 0.3 is 0 Å². The molecule has 0 saturated carbocycles. The van der Waals surface area contributed by atoms with Gasteiger partial charge in [0, 0.05) is 41.5 Å². The van der Waals surface area contributed by atoms with Crippen LogP contribution in [0.25, 0.3) is 0 Å². The summed E-state index contributed by atoms with van der Waals surface area (Å²) in [5.74, 6) is 0.974. The maximum Gasteiger partial charge on any atom is 0.123 e. The average molecular weight is 289 g/mol. The summed E-state index contributed by atoms with van der Waals surface area (Å²) in [6.45, 7) is 3.13. The molecule has 1 aliphatic rings. The topological polar surface area (TPSA) is 38.5 Å². The van der Waals surface area contributed by atoms with Gasteiger partial charge in [0.25, 0.3) is 0 Å². The Balaban J connectivity index is 1.82. The summed E-state index contributed by atoms with van der Waals surface area (Å²) in [4.78, 5) is 2.31. The molecule has 2 N–H and O–H groups in total. The van der Waals surface area contributed by atoms with E-state index < -0.39 is 0 Å². The summed E-state index contributed by atoms with van der Waals surface area (Å²) in [5.41, 5.74) is 8.97. The number of hydrogen-bond donors (Lipinski definition) is 1. The van der Waals surface area contributed by atoms with Crippen molar-refractivity contribution < 1.29 is 4.74 Å². The van der Waals surface area contributed by atoms with E-state index in [9.17, 15) is 0 Å². The molecule has 0 bridgehead atoms. The van der Waals surface area contributed by atoms with Gasteiger partial charge in [0.05, 0.1) is 0 Å². The summed E-state index contributed by atoms with van der Waals surface area (Å²) in [5, 5.41) is 0.725. The SMILES string of the molecule is Nc1cccc(Cl)c1CN1CCOc2ccccc2C1. The van der Waals surface area contributed by atoms with Crippen molar-refractivity contribution in [1.29, 1.82) is 0 Å². The zero-order valence-corrected chi connectivity index (χ0v) is 11.9. The first kappa shape index (κ1) is 13.3. The van der Waals surface area contributed by atoms with Crippen LogP contribution in [0.3, 0.4) is 0 Å². The zero-order chi connectivity index (χ0) is 13.9. The minimum atomic E-state index is 0.682. The van der Waals surface area contributed by atoms with Crippen LogP contribution >= 0.6 is 11.6 Å². The lowest BCUT2D eigenvalue weighted by Gasteiger charge is -2.21. The molecule has 0 amide bonds. The lowest BCUT2D eigenvalue weighted by atomic mass is 10.1. The molecule has 1 aliphatic heterocycles. The van der Waals surface area contributed by atoms with Crippen molar-refractivity contribution >= 4 is 17.3 Å². The third kappa shape index (κ3) is 2.74. The largest absolute Gasteiger partial charge is 0.492 e. The van der Waals surface area contributed by atoms with Crippen LogP contribution in [-0.2, 0) is 13.1 Å². The standard InChI is InChI=1S/C16H17ClN2O/c17-14-5-3-6-15(18)13(14)11-19-8-9-20-16-7-2-1-4-12(16)10-19/h1-7H,8-11,18H2. The van der Waals surface area contributed by atoms with Crippen LogP contribution in [0.4, 0.5) is 5.69 Å². The Kier molecular flexibility index (Phi) is 3.81. The first-order valence-electron chi connectivity index (χ1n) is 6.70. The summed E-state index contributed by atoms with van der Waals surface area (Å²) < 4.78 is 5.77. The smallest absolute Gasteiger partial charge is 0.123 e. The average Bonchev–Trinajstić information content (AvgIpc) is 2.64. The third-order valence-electron chi connectivity index (χ3n) is 3.57. The normalized spacial score (nSPS) is 15.2. The Hall–Kier alpha value is -1.71. The number of para-hydroxylation sites is 1. The molecule has 2 aromatic carbocycles. The van der Waals surface area contributed by atoms with E-state index in [0.717, 1.165) is 41.7 Å². The highest BCUT2D eigenvalue weighted by molar-refractivity contribution is 6.31. The van der Waals surface area contributed by atoms with E-state index in [1.165, 1.54) is 5.56 Å². The molecule has 3 nitrogen and oxygen atoms in total. The number of nitrogens with two attached hydrogens (primary N) is 1. The summed E-state index contributed by atoms with van der Waals surface area (Å²) in [6, 6.07) is 13.8. The van der Waals surface area contributed by atoms with Gasteiger partial charge in [-0.3, -0.25) is 4.90 Å². The minimum absolute atomic E-state index is 0.682. The molecular weight excluding hydrogens is 272 g/mol. The van der Waals surface area contributed by atoms with Gasteiger partial charge in [-0.15, -0.1) is 0 Å². The number of ether oxygens (including phenoxy) is 1. The molecule has 0 atom stereocenters. The molecule has 104 valence electrons. The number of benzene rings is 2. The van der Waals surface area contributed by atoms with Crippen molar-refractivity contribution in [2.75, 3.05) is 18.9 Å². The number of nitrogens with zero attached hydrogens (tertiary/aromatic N) is 1. The monoisotopic (exact) mass is 288 g/mol.